The van der Waals surface area contributed by atoms with Gasteiger partial charge in [0.25, 0.3) is 5.56 Å². The van der Waals surface area contributed by atoms with Crippen molar-refractivity contribution in [3.8, 4) is 17.2 Å². The number of methoxy groups -OCH3 is 3. The minimum atomic E-state index is -0.473. The summed E-state index contributed by atoms with van der Waals surface area (Å²) in [4.78, 5) is 32.2. The van der Waals surface area contributed by atoms with Gasteiger partial charge in [0, 0.05) is 12.3 Å². The molecule has 27 heavy (non-hydrogen) atoms. The third-order valence-corrected chi connectivity index (χ3v) is 5.06. The smallest absolute Gasteiger partial charge is 0.257 e. The van der Waals surface area contributed by atoms with Gasteiger partial charge in [-0.2, -0.15) is 0 Å². The minimum absolute atomic E-state index is 0.122. The molecule has 1 aliphatic rings. The number of aromatic amines is 1. The quantitative estimate of drug-likeness (QED) is 0.576. The first-order valence-corrected chi connectivity index (χ1v) is 9.37. The van der Waals surface area contributed by atoms with Crippen LogP contribution in [-0.4, -0.2) is 43.0 Å². The summed E-state index contributed by atoms with van der Waals surface area (Å²) >= 11 is 1.40. The first-order valence-electron chi connectivity index (χ1n) is 8.39. The van der Waals surface area contributed by atoms with Gasteiger partial charge < -0.3 is 24.5 Å². The van der Waals surface area contributed by atoms with E-state index in [0.717, 1.165) is 5.75 Å². The summed E-state index contributed by atoms with van der Waals surface area (Å²) in [6.07, 6.45) is 0.122. The largest absolute Gasteiger partial charge is 0.493 e. The van der Waals surface area contributed by atoms with E-state index in [-0.39, 0.29) is 17.9 Å². The van der Waals surface area contributed by atoms with Crippen LogP contribution < -0.4 is 25.1 Å². The van der Waals surface area contributed by atoms with Crippen molar-refractivity contribution in [2.75, 3.05) is 32.4 Å². The Hall–Kier alpha value is -2.68. The molecule has 1 aliphatic heterocycles. The van der Waals surface area contributed by atoms with Crippen molar-refractivity contribution < 1.29 is 19.0 Å². The van der Waals surface area contributed by atoms with Gasteiger partial charge in [-0.3, -0.25) is 9.59 Å². The van der Waals surface area contributed by atoms with Crippen LogP contribution in [0.4, 0.5) is 5.82 Å². The summed E-state index contributed by atoms with van der Waals surface area (Å²) in [5, 5.41) is 3.19. The number of amides is 1. The standard InChI is InChI=1S/C18H21N3O5S/c1-5-27-18-20-16-14(17(23)21-18)10(8-13(22)19-16)9-6-11(24-2)15(26-4)12(7-9)25-3/h6-7,10H,5,8H2,1-4H3,(H2,19,20,21,22,23)/t10-/m1/s1. The van der Waals surface area contributed by atoms with Crippen LogP contribution in [0.2, 0.25) is 0 Å². The Morgan fingerprint density at radius 1 is 1.15 bits per heavy atom. The molecule has 0 fully saturated rings. The van der Waals surface area contributed by atoms with E-state index in [4.69, 9.17) is 14.2 Å². The van der Waals surface area contributed by atoms with Crippen molar-refractivity contribution >= 4 is 23.5 Å². The highest BCUT2D eigenvalue weighted by Crippen LogP contribution is 2.43. The lowest BCUT2D eigenvalue weighted by atomic mass is 9.86. The van der Waals surface area contributed by atoms with E-state index < -0.39 is 5.92 Å². The molecule has 1 amide bonds. The van der Waals surface area contributed by atoms with E-state index in [0.29, 0.717) is 39.3 Å². The fraction of sp³-hybridized carbons (Fsp3) is 0.389. The van der Waals surface area contributed by atoms with Gasteiger partial charge in [0.2, 0.25) is 11.7 Å². The summed E-state index contributed by atoms with van der Waals surface area (Å²) in [5.41, 5.74) is 0.864. The van der Waals surface area contributed by atoms with E-state index in [1.165, 1.54) is 33.1 Å². The summed E-state index contributed by atoms with van der Waals surface area (Å²) in [7, 11) is 4.56. The minimum Gasteiger partial charge on any atom is -0.493 e. The number of nitrogens with zero attached hydrogens (tertiary/aromatic N) is 1. The van der Waals surface area contributed by atoms with Gasteiger partial charge in [-0.1, -0.05) is 18.7 Å². The molecule has 0 saturated heterocycles. The molecule has 2 heterocycles. The number of rotatable bonds is 6. The fourth-order valence-corrected chi connectivity index (χ4v) is 3.74. The Labute approximate surface area is 160 Å². The summed E-state index contributed by atoms with van der Waals surface area (Å²) in [6, 6.07) is 3.51. The van der Waals surface area contributed by atoms with E-state index in [9.17, 15) is 9.59 Å². The zero-order chi connectivity index (χ0) is 19.6. The van der Waals surface area contributed by atoms with Gasteiger partial charge in [0.1, 0.15) is 5.82 Å². The number of carbonyl (C=O) groups is 1. The van der Waals surface area contributed by atoms with Crippen LogP contribution in [0.15, 0.2) is 22.1 Å². The molecule has 2 aromatic rings. The third kappa shape index (κ3) is 3.59. The number of fused-ring (bicyclic) bond motifs is 1. The Morgan fingerprint density at radius 3 is 2.37 bits per heavy atom. The lowest BCUT2D eigenvalue weighted by molar-refractivity contribution is -0.116. The second-order valence-electron chi connectivity index (χ2n) is 5.83. The molecule has 1 aromatic carbocycles. The number of benzene rings is 1. The number of anilines is 1. The Balaban J connectivity index is 2.17. The highest BCUT2D eigenvalue weighted by molar-refractivity contribution is 7.99. The molecule has 8 nitrogen and oxygen atoms in total. The van der Waals surface area contributed by atoms with Crippen molar-refractivity contribution in [1.29, 1.82) is 0 Å². The van der Waals surface area contributed by atoms with Crippen LogP contribution in [-0.2, 0) is 4.79 Å². The van der Waals surface area contributed by atoms with Crippen LogP contribution in [0, 0.1) is 0 Å². The molecule has 0 spiro atoms. The number of nitrogens with one attached hydrogen (secondary N) is 2. The van der Waals surface area contributed by atoms with Crippen LogP contribution in [0.5, 0.6) is 17.2 Å². The molecule has 144 valence electrons. The van der Waals surface area contributed by atoms with Crippen molar-refractivity contribution in [3.05, 3.63) is 33.6 Å². The first-order chi connectivity index (χ1) is 13.0. The molecule has 0 saturated carbocycles. The van der Waals surface area contributed by atoms with Crippen molar-refractivity contribution in [1.82, 2.24) is 9.97 Å². The van der Waals surface area contributed by atoms with Gasteiger partial charge in [0.15, 0.2) is 16.7 Å². The first kappa shape index (κ1) is 19.1. The molecular weight excluding hydrogens is 370 g/mol. The molecule has 2 N–H and O–H groups in total. The molecule has 0 unspecified atom stereocenters. The summed E-state index contributed by atoms with van der Waals surface area (Å²) in [5.74, 6) is 1.75. The van der Waals surface area contributed by atoms with E-state index >= 15 is 0 Å². The zero-order valence-electron chi connectivity index (χ0n) is 15.5. The SMILES string of the molecule is CCSc1nc2c(c(=O)[nH]1)[C@@H](c1cc(OC)c(OC)c(OC)c1)CC(=O)N2. The Bertz CT molecular complexity index is 903. The number of H-pyrrole nitrogens is 1. The maximum absolute atomic E-state index is 12.7. The number of carbonyl (C=O) groups excluding carboxylic acids is 1. The predicted molar refractivity (Wildman–Crippen MR) is 102 cm³/mol. The van der Waals surface area contributed by atoms with E-state index in [1.54, 1.807) is 12.1 Å². The van der Waals surface area contributed by atoms with Crippen molar-refractivity contribution in [2.24, 2.45) is 0 Å². The Morgan fingerprint density at radius 2 is 1.81 bits per heavy atom. The van der Waals surface area contributed by atoms with E-state index in [2.05, 4.69) is 15.3 Å². The molecule has 1 aromatic heterocycles. The lowest BCUT2D eigenvalue weighted by Crippen LogP contribution is -2.31. The number of ether oxygens (including phenoxy) is 3. The number of thioether (sulfide) groups is 1. The van der Waals surface area contributed by atoms with Gasteiger partial charge in [0.05, 0.1) is 26.9 Å². The molecule has 1 atom stereocenters. The monoisotopic (exact) mass is 391 g/mol. The third-order valence-electron chi connectivity index (χ3n) is 4.30. The Kier molecular flexibility index (Phi) is 5.59. The molecule has 3 rings (SSSR count). The van der Waals surface area contributed by atoms with Crippen LogP contribution in [0.25, 0.3) is 0 Å². The normalized spacial score (nSPS) is 15.7. The maximum atomic E-state index is 12.7. The van der Waals surface area contributed by atoms with Gasteiger partial charge >= 0.3 is 0 Å². The second kappa shape index (κ2) is 7.91. The van der Waals surface area contributed by atoms with Gasteiger partial charge in [-0.15, -0.1) is 0 Å². The van der Waals surface area contributed by atoms with Crippen LogP contribution >= 0.6 is 11.8 Å². The molecule has 0 bridgehead atoms. The predicted octanol–water partition coefficient (Wildman–Crippen LogP) is 2.38. The van der Waals surface area contributed by atoms with Crippen LogP contribution in [0.3, 0.4) is 0 Å². The van der Waals surface area contributed by atoms with Gasteiger partial charge in [-0.25, -0.2) is 4.98 Å². The summed E-state index contributed by atoms with van der Waals surface area (Å²) in [6.45, 7) is 1.96. The summed E-state index contributed by atoms with van der Waals surface area (Å²) < 4.78 is 16.1. The maximum Gasteiger partial charge on any atom is 0.257 e. The number of hydrogen-bond donors (Lipinski definition) is 2. The van der Waals surface area contributed by atoms with Gasteiger partial charge in [-0.05, 0) is 23.4 Å². The molecule has 0 aliphatic carbocycles. The lowest BCUT2D eigenvalue weighted by Gasteiger charge is -2.25. The molecular formula is C18H21N3O5S. The highest BCUT2D eigenvalue weighted by Gasteiger charge is 2.32. The molecule has 0 radical (unpaired) electrons. The van der Waals surface area contributed by atoms with Crippen LogP contribution in [0.1, 0.15) is 30.4 Å². The van der Waals surface area contributed by atoms with E-state index in [1.807, 2.05) is 6.92 Å². The topological polar surface area (TPSA) is 103 Å². The average molecular weight is 391 g/mol. The number of hydrogen-bond acceptors (Lipinski definition) is 7. The van der Waals surface area contributed by atoms with Crippen molar-refractivity contribution in [2.45, 2.75) is 24.4 Å². The number of aromatic nitrogens is 2. The highest BCUT2D eigenvalue weighted by atomic mass is 32.2. The fourth-order valence-electron chi connectivity index (χ4n) is 3.14. The zero-order valence-corrected chi connectivity index (χ0v) is 16.4. The van der Waals surface area contributed by atoms with Crippen molar-refractivity contribution in [3.63, 3.8) is 0 Å². The second-order valence-corrected chi connectivity index (χ2v) is 7.08. The molecule has 9 heteroatoms. The average Bonchev–Trinajstić information content (AvgIpc) is 2.65.